The van der Waals surface area contributed by atoms with Crippen LogP contribution in [-0.2, 0) is 0 Å². The van der Waals surface area contributed by atoms with Gasteiger partial charge in [0.25, 0.3) is 0 Å². The van der Waals surface area contributed by atoms with Crippen molar-refractivity contribution >= 4 is 0 Å². The summed E-state index contributed by atoms with van der Waals surface area (Å²) in [5.74, 6) is 0. The van der Waals surface area contributed by atoms with E-state index in [-0.39, 0.29) is 0 Å². The third-order valence-electron chi connectivity index (χ3n) is 2.83. The molecule has 0 spiro atoms. The minimum absolute atomic E-state index is 0.989. The molecule has 0 aromatic carbocycles. The molecule has 0 aromatic rings. The van der Waals surface area contributed by atoms with Crippen LogP contribution in [-0.4, -0.2) is 13.1 Å². The van der Waals surface area contributed by atoms with E-state index in [9.17, 15) is 0 Å². The third kappa shape index (κ3) is 8.72. The number of rotatable bonds is 10. The van der Waals surface area contributed by atoms with Crippen LogP contribution in [0.5, 0.6) is 0 Å². The zero-order valence-electron chi connectivity index (χ0n) is 11.4. The van der Waals surface area contributed by atoms with E-state index in [2.05, 4.69) is 38.7 Å². The first kappa shape index (κ1) is 15.4. The number of unbranched alkanes of at least 4 members (excludes halogenated alkanes) is 1. The van der Waals surface area contributed by atoms with Gasteiger partial charge in [0.15, 0.2) is 0 Å². The van der Waals surface area contributed by atoms with Gasteiger partial charge in [-0.15, -0.1) is 0 Å². The highest BCUT2D eigenvalue weighted by molar-refractivity contribution is 5.06. The lowest BCUT2D eigenvalue weighted by Crippen LogP contribution is -2.17. The molecule has 0 fully saturated rings. The van der Waals surface area contributed by atoms with Gasteiger partial charge in [-0.25, -0.2) is 0 Å². The highest BCUT2D eigenvalue weighted by atomic mass is 14.8. The standard InChI is InChI=1S/C15H29N/c1-5-8-12-16-13-14(4)10-11-15(7-3)9-6-2/h9,16H,4-8,10-13H2,1-3H3/b15-9-. The van der Waals surface area contributed by atoms with Crippen LogP contribution in [0.2, 0.25) is 0 Å². The van der Waals surface area contributed by atoms with Crippen LogP contribution in [0.15, 0.2) is 23.8 Å². The van der Waals surface area contributed by atoms with Gasteiger partial charge in [-0.1, -0.05) is 51.0 Å². The maximum Gasteiger partial charge on any atom is 0.0162 e. The van der Waals surface area contributed by atoms with Crippen molar-refractivity contribution in [3.8, 4) is 0 Å². The Hall–Kier alpha value is -0.560. The van der Waals surface area contributed by atoms with Gasteiger partial charge in [-0.3, -0.25) is 0 Å². The van der Waals surface area contributed by atoms with Crippen molar-refractivity contribution in [2.24, 2.45) is 0 Å². The molecular weight excluding hydrogens is 194 g/mol. The molecular formula is C15H29N. The summed E-state index contributed by atoms with van der Waals surface area (Å²) in [5.41, 5.74) is 2.92. The van der Waals surface area contributed by atoms with Crippen LogP contribution in [0.3, 0.4) is 0 Å². The summed E-state index contributed by atoms with van der Waals surface area (Å²) in [7, 11) is 0. The highest BCUT2D eigenvalue weighted by Gasteiger charge is 1.97. The molecule has 0 heterocycles. The van der Waals surface area contributed by atoms with E-state index in [0.29, 0.717) is 0 Å². The molecule has 1 N–H and O–H groups in total. The van der Waals surface area contributed by atoms with Crippen LogP contribution >= 0.6 is 0 Å². The zero-order chi connectivity index (χ0) is 12.2. The second kappa shape index (κ2) is 10.9. The Balaban J connectivity index is 3.59. The van der Waals surface area contributed by atoms with Gasteiger partial charge in [-0.2, -0.15) is 0 Å². The van der Waals surface area contributed by atoms with E-state index in [1.165, 1.54) is 31.3 Å². The van der Waals surface area contributed by atoms with E-state index in [0.717, 1.165) is 25.9 Å². The van der Waals surface area contributed by atoms with Gasteiger partial charge in [-0.05, 0) is 38.6 Å². The Kier molecular flexibility index (Phi) is 10.6. The molecule has 0 saturated heterocycles. The fourth-order valence-electron chi connectivity index (χ4n) is 1.70. The van der Waals surface area contributed by atoms with Crippen molar-refractivity contribution in [3.63, 3.8) is 0 Å². The lowest BCUT2D eigenvalue weighted by Gasteiger charge is -2.09. The fraction of sp³-hybridized carbons (Fsp3) is 0.733. The average molecular weight is 223 g/mol. The number of nitrogens with one attached hydrogen (secondary N) is 1. The van der Waals surface area contributed by atoms with Crippen molar-refractivity contribution in [1.82, 2.24) is 5.32 Å². The van der Waals surface area contributed by atoms with E-state index < -0.39 is 0 Å². The molecule has 0 unspecified atom stereocenters. The minimum Gasteiger partial charge on any atom is -0.313 e. The molecule has 0 saturated carbocycles. The normalized spacial score (nSPS) is 11.8. The van der Waals surface area contributed by atoms with Crippen molar-refractivity contribution in [2.75, 3.05) is 13.1 Å². The van der Waals surface area contributed by atoms with Crippen LogP contribution in [0, 0.1) is 0 Å². The average Bonchev–Trinajstić information content (AvgIpc) is 2.30. The van der Waals surface area contributed by atoms with E-state index in [4.69, 9.17) is 0 Å². The van der Waals surface area contributed by atoms with E-state index in [1.807, 2.05) is 0 Å². The van der Waals surface area contributed by atoms with Crippen molar-refractivity contribution in [2.45, 2.75) is 59.3 Å². The first-order valence-corrected chi connectivity index (χ1v) is 6.79. The van der Waals surface area contributed by atoms with Crippen molar-refractivity contribution < 1.29 is 0 Å². The Morgan fingerprint density at radius 3 is 2.50 bits per heavy atom. The Morgan fingerprint density at radius 1 is 1.19 bits per heavy atom. The smallest absolute Gasteiger partial charge is 0.0162 e. The summed E-state index contributed by atoms with van der Waals surface area (Å²) >= 11 is 0. The molecule has 0 aliphatic rings. The molecule has 16 heavy (non-hydrogen) atoms. The molecule has 0 amide bonds. The number of allylic oxidation sites excluding steroid dienone is 2. The van der Waals surface area contributed by atoms with Crippen molar-refractivity contribution in [1.29, 1.82) is 0 Å². The largest absolute Gasteiger partial charge is 0.313 e. The van der Waals surface area contributed by atoms with E-state index >= 15 is 0 Å². The van der Waals surface area contributed by atoms with Gasteiger partial charge in [0.05, 0.1) is 0 Å². The summed E-state index contributed by atoms with van der Waals surface area (Å²) in [6, 6.07) is 0. The maximum atomic E-state index is 4.13. The van der Waals surface area contributed by atoms with E-state index in [1.54, 1.807) is 5.57 Å². The summed E-state index contributed by atoms with van der Waals surface area (Å²) < 4.78 is 0. The first-order valence-electron chi connectivity index (χ1n) is 6.79. The summed E-state index contributed by atoms with van der Waals surface area (Å²) in [5, 5.41) is 3.44. The lowest BCUT2D eigenvalue weighted by molar-refractivity contribution is 0.659. The number of hydrogen-bond donors (Lipinski definition) is 1. The fourth-order valence-corrected chi connectivity index (χ4v) is 1.70. The van der Waals surface area contributed by atoms with Crippen molar-refractivity contribution in [3.05, 3.63) is 23.8 Å². The Morgan fingerprint density at radius 2 is 1.94 bits per heavy atom. The van der Waals surface area contributed by atoms with Crippen LogP contribution in [0.4, 0.5) is 0 Å². The van der Waals surface area contributed by atoms with Crippen LogP contribution in [0.1, 0.15) is 59.3 Å². The minimum atomic E-state index is 0.989. The molecule has 0 aliphatic carbocycles. The van der Waals surface area contributed by atoms with Gasteiger partial charge in [0, 0.05) is 6.54 Å². The quantitative estimate of drug-likeness (QED) is 0.426. The molecule has 0 aromatic heterocycles. The monoisotopic (exact) mass is 223 g/mol. The van der Waals surface area contributed by atoms with Gasteiger partial charge >= 0.3 is 0 Å². The van der Waals surface area contributed by atoms with Gasteiger partial charge < -0.3 is 5.32 Å². The van der Waals surface area contributed by atoms with Gasteiger partial charge in [0.1, 0.15) is 0 Å². The molecule has 0 rings (SSSR count). The molecule has 94 valence electrons. The third-order valence-corrected chi connectivity index (χ3v) is 2.83. The molecule has 0 bridgehead atoms. The second-order valence-corrected chi connectivity index (χ2v) is 4.40. The predicted octanol–water partition coefficient (Wildman–Crippen LogP) is 4.46. The molecule has 0 aliphatic heterocycles. The molecule has 0 radical (unpaired) electrons. The summed E-state index contributed by atoms with van der Waals surface area (Å²) in [6.45, 7) is 12.9. The second-order valence-electron chi connectivity index (χ2n) is 4.40. The zero-order valence-corrected chi connectivity index (χ0v) is 11.4. The highest BCUT2D eigenvalue weighted by Crippen LogP contribution is 2.13. The topological polar surface area (TPSA) is 12.0 Å². The predicted molar refractivity (Wildman–Crippen MR) is 74.8 cm³/mol. The SMILES string of the molecule is C=C(CC/C(=C\CC)CC)CNCCCC. The summed E-state index contributed by atoms with van der Waals surface area (Å²) in [4.78, 5) is 0. The Labute approximate surface area is 102 Å². The van der Waals surface area contributed by atoms with Crippen LogP contribution in [0.25, 0.3) is 0 Å². The maximum absolute atomic E-state index is 4.13. The van der Waals surface area contributed by atoms with Gasteiger partial charge in [0.2, 0.25) is 0 Å². The first-order chi connectivity index (χ1) is 7.74. The lowest BCUT2D eigenvalue weighted by atomic mass is 10.0. The Bertz CT molecular complexity index is 203. The molecule has 0 atom stereocenters. The van der Waals surface area contributed by atoms with Crippen LogP contribution < -0.4 is 5.32 Å². The molecule has 1 heteroatoms. The summed E-state index contributed by atoms with van der Waals surface area (Å²) in [6.07, 6.45) is 9.56. The number of hydrogen-bond acceptors (Lipinski definition) is 1. The molecule has 1 nitrogen and oxygen atoms in total.